The van der Waals surface area contributed by atoms with Crippen molar-refractivity contribution in [3.8, 4) is 0 Å². The van der Waals surface area contributed by atoms with Gasteiger partial charge in [0, 0.05) is 0 Å². The monoisotopic (exact) mass is 210 g/mol. The minimum atomic E-state index is -0.0685. The number of hydrogen-bond acceptors (Lipinski definition) is 1. The van der Waals surface area contributed by atoms with Crippen molar-refractivity contribution in [1.82, 2.24) is 0 Å². The SMILES string of the molecule is C=CCCCC(O)C1CCC(C)(C)CC1. The second-order valence-corrected chi connectivity index (χ2v) is 5.79. The van der Waals surface area contributed by atoms with E-state index in [-0.39, 0.29) is 6.10 Å². The molecule has 1 rings (SSSR count). The number of aliphatic hydroxyl groups is 1. The molecule has 1 saturated carbocycles. The van der Waals surface area contributed by atoms with Crippen LogP contribution in [0.25, 0.3) is 0 Å². The Hall–Kier alpha value is -0.300. The lowest BCUT2D eigenvalue weighted by molar-refractivity contribution is 0.0504. The second kappa shape index (κ2) is 5.69. The number of hydrogen-bond donors (Lipinski definition) is 1. The predicted molar refractivity (Wildman–Crippen MR) is 65.8 cm³/mol. The third-order valence-electron chi connectivity index (χ3n) is 3.84. The Morgan fingerprint density at radius 1 is 1.40 bits per heavy atom. The van der Waals surface area contributed by atoms with E-state index >= 15 is 0 Å². The quantitative estimate of drug-likeness (QED) is 0.538. The molecule has 1 atom stereocenters. The maximum atomic E-state index is 10.0. The predicted octanol–water partition coefficient (Wildman–Crippen LogP) is 3.92. The first kappa shape index (κ1) is 12.8. The Labute approximate surface area is 94.6 Å². The van der Waals surface area contributed by atoms with Crippen LogP contribution in [0, 0.1) is 11.3 Å². The summed E-state index contributed by atoms with van der Waals surface area (Å²) in [5, 5.41) is 10.0. The van der Waals surface area contributed by atoms with Crippen molar-refractivity contribution in [2.75, 3.05) is 0 Å². The Kier molecular flexibility index (Phi) is 4.85. The van der Waals surface area contributed by atoms with Crippen LogP contribution in [0.4, 0.5) is 0 Å². The molecule has 1 unspecified atom stereocenters. The average Bonchev–Trinajstić information content (AvgIpc) is 2.18. The fraction of sp³-hybridized carbons (Fsp3) is 0.857. The van der Waals surface area contributed by atoms with Gasteiger partial charge in [-0.25, -0.2) is 0 Å². The lowest BCUT2D eigenvalue weighted by Crippen LogP contribution is -2.29. The van der Waals surface area contributed by atoms with Gasteiger partial charge in [0.25, 0.3) is 0 Å². The molecule has 0 bridgehead atoms. The molecule has 0 saturated heterocycles. The first-order valence-electron chi connectivity index (χ1n) is 6.34. The van der Waals surface area contributed by atoms with Crippen molar-refractivity contribution < 1.29 is 5.11 Å². The maximum absolute atomic E-state index is 10.0. The topological polar surface area (TPSA) is 20.2 Å². The van der Waals surface area contributed by atoms with E-state index in [1.54, 1.807) is 0 Å². The van der Waals surface area contributed by atoms with Crippen LogP contribution in [-0.4, -0.2) is 11.2 Å². The van der Waals surface area contributed by atoms with E-state index < -0.39 is 0 Å². The van der Waals surface area contributed by atoms with Gasteiger partial charge >= 0.3 is 0 Å². The summed E-state index contributed by atoms with van der Waals surface area (Å²) in [6, 6.07) is 0. The highest BCUT2D eigenvalue weighted by Crippen LogP contribution is 2.39. The highest BCUT2D eigenvalue weighted by molar-refractivity contribution is 4.82. The van der Waals surface area contributed by atoms with E-state index in [1.165, 1.54) is 25.7 Å². The van der Waals surface area contributed by atoms with Gasteiger partial charge in [0.1, 0.15) is 0 Å². The molecule has 0 amide bonds. The van der Waals surface area contributed by atoms with Crippen molar-refractivity contribution in [2.45, 2.75) is 64.9 Å². The molecule has 0 spiro atoms. The van der Waals surface area contributed by atoms with Gasteiger partial charge in [-0.3, -0.25) is 0 Å². The second-order valence-electron chi connectivity index (χ2n) is 5.79. The lowest BCUT2D eigenvalue weighted by Gasteiger charge is -2.36. The van der Waals surface area contributed by atoms with Gasteiger partial charge in [-0.2, -0.15) is 0 Å². The summed E-state index contributed by atoms with van der Waals surface area (Å²) in [7, 11) is 0. The molecule has 0 radical (unpaired) electrons. The molecule has 1 heteroatoms. The van der Waals surface area contributed by atoms with E-state index in [2.05, 4.69) is 20.4 Å². The average molecular weight is 210 g/mol. The van der Waals surface area contributed by atoms with Crippen molar-refractivity contribution in [2.24, 2.45) is 11.3 Å². The molecule has 15 heavy (non-hydrogen) atoms. The third kappa shape index (κ3) is 4.38. The number of rotatable bonds is 5. The molecule has 88 valence electrons. The highest BCUT2D eigenvalue weighted by Gasteiger charge is 2.30. The Bertz CT molecular complexity index is 186. The summed E-state index contributed by atoms with van der Waals surface area (Å²) >= 11 is 0. The molecule has 1 nitrogen and oxygen atoms in total. The van der Waals surface area contributed by atoms with Crippen molar-refractivity contribution in [3.05, 3.63) is 12.7 Å². The van der Waals surface area contributed by atoms with Gasteiger partial charge < -0.3 is 5.11 Å². The van der Waals surface area contributed by atoms with Crippen LogP contribution < -0.4 is 0 Å². The van der Waals surface area contributed by atoms with Crippen molar-refractivity contribution in [3.63, 3.8) is 0 Å². The normalized spacial score (nSPS) is 23.7. The number of unbranched alkanes of at least 4 members (excludes halogenated alkanes) is 1. The summed E-state index contributed by atoms with van der Waals surface area (Å²) < 4.78 is 0. The van der Waals surface area contributed by atoms with Gasteiger partial charge in [-0.15, -0.1) is 6.58 Å². The smallest absolute Gasteiger partial charge is 0.0568 e. The molecule has 0 aromatic rings. The first-order valence-corrected chi connectivity index (χ1v) is 6.34. The maximum Gasteiger partial charge on any atom is 0.0568 e. The van der Waals surface area contributed by atoms with Crippen molar-refractivity contribution in [1.29, 1.82) is 0 Å². The molecule has 1 aliphatic rings. The van der Waals surface area contributed by atoms with Gasteiger partial charge in [0.15, 0.2) is 0 Å². The van der Waals surface area contributed by atoms with E-state index in [0.29, 0.717) is 11.3 Å². The zero-order chi connectivity index (χ0) is 11.3. The summed E-state index contributed by atoms with van der Waals surface area (Å²) in [5.41, 5.74) is 0.511. The van der Waals surface area contributed by atoms with Crippen LogP contribution in [0.5, 0.6) is 0 Å². The lowest BCUT2D eigenvalue weighted by atomic mass is 9.71. The first-order chi connectivity index (χ1) is 7.05. The minimum Gasteiger partial charge on any atom is -0.393 e. The number of allylic oxidation sites excluding steroid dienone is 1. The van der Waals surface area contributed by atoms with Crippen LogP contribution in [0.2, 0.25) is 0 Å². The standard InChI is InChI=1S/C14H26O/c1-4-5-6-7-13(15)12-8-10-14(2,3)11-9-12/h4,12-13,15H,1,5-11H2,2-3H3. The van der Waals surface area contributed by atoms with E-state index in [4.69, 9.17) is 0 Å². The number of aliphatic hydroxyl groups excluding tert-OH is 1. The zero-order valence-electron chi connectivity index (χ0n) is 10.3. The molecular formula is C14H26O. The molecule has 1 aliphatic carbocycles. The van der Waals surface area contributed by atoms with E-state index in [9.17, 15) is 5.11 Å². The summed E-state index contributed by atoms with van der Waals surface area (Å²) in [6.45, 7) is 8.39. The Balaban J connectivity index is 2.23. The highest BCUT2D eigenvalue weighted by atomic mass is 16.3. The Morgan fingerprint density at radius 3 is 2.53 bits per heavy atom. The van der Waals surface area contributed by atoms with Gasteiger partial charge in [-0.05, 0) is 56.3 Å². The largest absolute Gasteiger partial charge is 0.393 e. The molecule has 0 aromatic heterocycles. The van der Waals surface area contributed by atoms with Gasteiger partial charge in [-0.1, -0.05) is 19.9 Å². The van der Waals surface area contributed by atoms with Crippen LogP contribution in [0.1, 0.15) is 58.8 Å². The summed E-state index contributed by atoms with van der Waals surface area (Å²) in [6.07, 6.45) is 9.92. The van der Waals surface area contributed by atoms with Crippen LogP contribution in [-0.2, 0) is 0 Å². The van der Waals surface area contributed by atoms with Crippen LogP contribution in [0.3, 0.4) is 0 Å². The summed E-state index contributed by atoms with van der Waals surface area (Å²) in [5.74, 6) is 0.558. The molecule has 1 N–H and O–H groups in total. The van der Waals surface area contributed by atoms with E-state index in [1.807, 2.05) is 6.08 Å². The minimum absolute atomic E-state index is 0.0685. The fourth-order valence-electron chi connectivity index (χ4n) is 2.51. The molecule has 0 aromatic carbocycles. The molecule has 1 fully saturated rings. The van der Waals surface area contributed by atoms with Crippen molar-refractivity contribution >= 4 is 0 Å². The van der Waals surface area contributed by atoms with Crippen LogP contribution in [0.15, 0.2) is 12.7 Å². The van der Waals surface area contributed by atoms with Crippen LogP contribution >= 0.6 is 0 Å². The summed E-state index contributed by atoms with van der Waals surface area (Å²) in [4.78, 5) is 0. The molecule has 0 aliphatic heterocycles. The fourth-order valence-corrected chi connectivity index (χ4v) is 2.51. The molecular weight excluding hydrogens is 184 g/mol. The van der Waals surface area contributed by atoms with E-state index in [0.717, 1.165) is 19.3 Å². The van der Waals surface area contributed by atoms with Gasteiger partial charge in [0.2, 0.25) is 0 Å². The third-order valence-corrected chi connectivity index (χ3v) is 3.84. The zero-order valence-corrected chi connectivity index (χ0v) is 10.3. The van der Waals surface area contributed by atoms with Gasteiger partial charge in [0.05, 0.1) is 6.10 Å². The molecule has 0 heterocycles. The Morgan fingerprint density at radius 2 is 2.00 bits per heavy atom.